The molecule has 1 nitrogen and oxygen atoms in total. The van der Waals surface area contributed by atoms with Crippen LogP contribution in [0.15, 0.2) is 0 Å². The van der Waals surface area contributed by atoms with Crippen LogP contribution >= 0.6 is 0 Å². The fourth-order valence-corrected chi connectivity index (χ4v) is 5.93. The molecule has 1 unspecified atom stereocenters. The van der Waals surface area contributed by atoms with E-state index in [-0.39, 0.29) is 6.10 Å². The average molecular weight is 481 g/mol. The van der Waals surface area contributed by atoms with E-state index in [1.807, 2.05) is 0 Å². The molecular formula is C33H68O. The lowest BCUT2D eigenvalue weighted by Gasteiger charge is -2.37. The SMILES string of the molecule is CCCCCCCCCCC(O)CC(CCCCCC)(CCCCCC)CCCCCCCC. The van der Waals surface area contributed by atoms with Crippen LogP contribution < -0.4 is 0 Å². The Hall–Kier alpha value is -0.0400. The maximum absolute atomic E-state index is 11.1. The van der Waals surface area contributed by atoms with E-state index in [4.69, 9.17) is 0 Å². The Labute approximate surface area is 217 Å². The zero-order chi connectivity index (χ0) is 25.2. The molecule has 1 N–H and O–H groups in total. The highest BCUT2D eigenvalue weighted by Crippen LogP contribution is 2.42. The molecule has 0 amide bonds. The number of aliphatic hydroxyl groups excluding tert-OH is 1. The van der Waals surface area contributed by atoms with E-state index in [1.54, 1.807) is 0 Å². The van der Waals surface area contributed by atoms with Crippen molar-refractivity contribution in [3.8, 4) is 0 Å². The molecule has 0 aliphatic rings. The van der Waals surface area contributed by atoms with Gasteiger partial charge in [-0.15, -0.1) is 0 Å². The monoisotopic (exact) mass is 481 g/mol. The van der Waals surface area contributed by atoms with E-state index >= 15 is 0 Å². The molecule has 0 aromatic rings. The summed E-state index contributed by atoms with van der Waals surface area (Å²) in [7, 11) is 0. The van der Waals surface area contributed by atoms with Crippen molar-refractivity contribution in [3.63, 3.8) is 0 Å². The normalized spacial score (nSPS) is 13.0. The largest absolute Gasteiger partial charge is 0.393 e. The van der Waals surface area contributed by atoms with Crippen LogP contribution in [0.1, 0.15) is 201 Å². The van der Waals surface area contributed by atoms with E-state index < -0.39 is 0 Å². The van der Waals surface area contributed by atoms with Crippen LogP contribution in [0.25, 0.3) is 0 Å². The molecule has 0 aliphatic heterocycles. The molecule has 34 heavy (non-hydrogen) atoms. The Kier molecular flexibility index (Phi) is 26.0. The molecule has 0 radical (unpaired) electrons. The van der Waals surface area contributed by atoms with E-state index in [0.29, 0.717) is 5.41 Å². The van der Waals surface area contributed by atoms with Gasteiger partial charge in [0.15, 0.2) is 0 Å². The molecule has 0 bridgehead atoms. The van der Waals surface area contributed by atoms with Crippen LogP contribution in [-0.4, -0.2) is 11.2 Å². The van der Waals surface area contributed by atoms with Gasteiger partial charge in [-0.1, -0.05) is 169 Å². The van der Waals surface area contributed by atoms with Crippen LogP contribution in [0.2, 0.25) is 0 Å². The Bertz CT molecular complexity index is 365. The van der Waals surface area contributed by atoms with Gasteiger partial charge in [0.25, 0.3) is 0 Å². The minimum absolute atomic E-state index is 0.0717. The quantitative estimate of drug-likeness (QED) is 0.110. The van der Waals surface area contributed by atoms with Crippen molar-refractivity contribution in [3.05, 3.63) is 0 Å². The van der Waals surface area contributed by atoms with Crippen LogP contribution in [-0.2, 0) is 0 Å². The summed E-state index contributed by atoms with van der Waals surface area (Å²) < 4.78 is 0. The molecule has 1 atom stereocenters. The van der Waals surface area contributed by atoms with E-state index in [9.17, 15) is 5.11 Å². The second-order valence-electron chi connectivity index (χ2n) is 11.8. The zero-order valence-corrected chi connectivity index (χ0v) is 24.6. The standard InChI is InChI=1S/C33H68O/c1-5-9-13-17-19-20-21-23-27-32(34)31-33(28-24-15-11-7-3,29-25-16-12-8-4)30-26-22-18-14-10-6-2/h32,34H,5-31H2,1-4H3. The Morgan fingerprint density at radius 3 is 1.09 bits per heavy atom. The molecule has 0 aliphatic carbocycles. The summed E-state index contributed by atoms with van der Waals surface area (Å²) in [5.74, 6) is 0. The second-order valence-corrected chi connectivity index (χ2v) is 11.8. The lowest BCUT2D eigenvalue weighted by molar-refractivity contribution is 0.0643. The first-order chi connectivity index (χ1) is 16.6. The first kappa shape index (κ1) is 34.0. The molecule has 0 aromatic heterocycles. The first-order valence-electron chi connectivity index (χ1n) is 16.3. The van der Waals surface area contributed by atoms with Gasteiger partial charge in [0.2, 0.25) is 0 Å². The maximum atomic E-state index is 11.1. The lowest BCUT2D eigenvalue weighted by Crippen LogP contribution is -2.27. The predicted octanol–water partition coefficient (Wildman–Crippen LogP) is 11.9. The van der Waals surface area contributed by atoms with Crippen LogP contribution in [0, 0.1) is 5.41 Å². The molecule has 1 heteroatoms. The molecule has 0 fully saturated rings. The number of rotatable bonds is 28. The third-order valence-corrected chi connectivity index (χ3v) is 8.24. The molecule has 0 saturated carbocycles. The summed E-state index contributed by atoms with van der Waals surface area (Å²) in [6.07, 6.45) is 36.3. The van der Waals surface area contributed by atoms with Crippen molar-refractivity contribution < 1.29 is 5.11 Å². The van der Waals surface area contributed by atoms with Crippen LogP contribution in [0.3, 0.4) is 0 Å². The van der Waals surface area contributed by atoms with Crippen molar-refractivity contribution >= 4 is 0 Å². The summed E-state index contributed by atoms with van der Waals surface area (Å²) in [6.45, 7) is 9.25. The lowest BCUT2D eigenvalue weighted by atomic mass is 9.70. The topological polar surface area (TPSA) is 20.2 Å². The van der Waals surface area contributed by atoms with Crippen molar-refractivity contribution in [2.75, 3.05) is 0 Å². The molecular weight excluding hydrogens is 412 g/mol. The Morgan fingerprint density at radius 2 is 0.706 bits per heavy atom. The molecule has 0 saturated heterocycles. The summed E-state index contributed by atoms with van der Waals surface area (Å²) in [5, 5.41) is 11.1. The summed E-state index contributed by atoms with van der Waals surface area (Å²) >= 11 is 0. The molecule has 0 aromatic carbocycles. The average Bonchev–Trinajstić information content (AvgIpc) is 2.83. The number of unbranched alkanes of at least 4 members (excludes halogenated alkanes) is 18. The number of aliphatic hydroxyl groups is 1. The van der Waals surface area contributed by atoms with Gasteiger partial charge in [-0.3, -0.25) is 0 Å². The van der Waals surface area contributed by atoms with Gasteiger partial charge >= 0.3 is 0 Å². The van der Waals surface area contributed by atoms with Gasteiger partial charge in [0.05, 0.1) is 6.10 Å². The van der Waals surface area contributed by atoms with Crippen LogP contribution in [0.4, 0.5) is 0 Å². The third kappa shape index (κ3) is 21.3. The third-order valence-electron chi connectivity index (χ3n) is 8.24. The zero-order valence-electron chi connectivity index (χ0n) is 24.6. The van der Waals surface area contributed by atoms with E-state index in [2.05, 4.69) is 27.7 Å². The number of hydrogen-bond acceptors (Lipinski definition) is 1. The highest BCUT2D eigenvalue weighted by atomic mass is 16.3. The highest BCUT2D eigenvalue weighted by Gasteiger charge is 2.31. The molecule has 206 valence electrons. The van der Waals surface area contributed by atoms with E-state index in [0.717, 1.165) is 12.8 Å². The van der Waals surface area contributed by atoms with Gasteiger partial charge in [-0.05, 0) is 37.5 Å². The van der Waals surface area contributed by atoms with Gasteiger partial charge in [0.1, 0.15) is 0 Å². The fourth-order valence-electron chi connectivity index (χ4n) is 5.93. The molecule has 0 heterocycles. The van der Waals surface area contributed by atoms with Gasteiger partial charge in [-0.25, -0.2) is 0 Å². The van der Waals surface area contributed by atoms with Crippen molar-refractivity contribution in [2.24, 2.45) is 5.41 Å². The Balaban J connectivity index is 4.72. The second kappa shape index (κ2) is 26.0. The minimum Gasteiger partial charge on any atom is -0.393 e. The highest BCUT2D eigenvalue weighted by molar-refractivity contribution is 4.83. The summed E-state index contributed by atoms with van der Waals surface area (Å²) in [5.41, 5.74) is 0.409. The van der Waals surface area contributed by atoms with Crippen molar-refractivity contribution in [2.45, 2.75) is 207 Å². The molecule has 0 rings (SSSR count). The van der Waals surface area contributed by atoms with Gasteiger partial charge < -0.3 is 5.11 Å². The maximum Gasteiger partial charge on any atom is 0.0545 e. The predicted molar refractivity (Wildman–Crippen MR) is 156 cm³/mol. The number of hydrogen-bond donors (Lipinski definition) is 1. The smallest absolute Gasteiger partial charge is 0.0545 e. The first-order valence-corrected chi connectivity index (χ1v) is 16.3. The minimum atomic E-state index is -0.0717. The van der Waals surface area contributed by atoms with Gasteiger partial charge in [-0.2, -0.15) is 0 Å². The Morgan fingerprint density at radius 1 is 0.412 bits per heavy atom. The van der Waals surface area contributed by atoms with Crippen LogP contribution in [0.5, 0.6) is 0 Å². The van der Waals surface area contributed by atoms with E-state index in [1.165, 1.54) is 161 Å². The van der Waals surface area contributed by atoms with Crippen molar-refractivity contribution in [1.29, 1.82) is 0 Å². The molecule has 0 spiro atoms. The fraction of sp³-hybridized carbons (Fsp3) is 1.00. The van der Waals surface area contributed by atoms with Crippen molar-refractivity contribution in [1.82, 2.24) is 0 Å². The summed E-state index contributed by atoms with van der Waals surface area (Å²) in [6, 6.07) is 0. The summed E-state index contributed by atoms with van der Waals surface area (Å²) in [4.78, 5) is 0. The van der Waals surface area contributed by atoms with Gasteiger partial charge in [0, 0.05) is 0 Å².